The molecule has 232 valence electrons. The number of nitrogens with one attached hydrogen (secondary N) is 2. The molecule has 0 spiro atoms. The maximum absolute atomic E-state index is 13.8. The van der Waals surface area contributed by atoms with E-state index in [1.165, 1.54) is 7.11 Å². The van der Waals surface area contributed by atoms with Crippen LogP contribution in [-0.2, 0) is 52.1 Å². The van der Waals surface area contributed by atoms with Gasteiger partial charge in [0.25, 0.3) is 0 Å². The van der Waals surface area contributed by atoms with Gasteiger partial charge in [0, 0.05) is 13.7 Å². The number of hydrogen-bond donors (Lipinski definition) is 3. The summed E-state index contributed by atoms with van der Waals surface area (Å²) in [6.45, 7) is 3.25. The molecule has 0 bridgehead atoms. The minimum absolute atomic E-state index is 0.0214. The second kappa shape index (κ2) is 14.6. The molecular weight excluding hydrogens is 560 g/mol. The molecule has 0 heterocycles. The van der Waals surface area contributed by atoms with Gasteiger partial charge in [-0.25, -0.2) is 13.8 Å². The zero-order valence-electron chi connectivity index (χ0n) is 25.0. The molecule has 1 atom stereocenters. The van der Waals surface area contributed by atoms with Crippen LogP contribution in [-0.4, -0.2) is 76.5 Å². The van der Waals surface area contributed by atoms with Gasteiger partial charge in [-0.2, -0.15) is 0 Å². The number of hydrazine groups is 1. The number of ether oxygens (including phenoxy) is 3. The third kappa shape index (κ3) is 9.08. The molecule has 1 fully saturated rings. The van der Waals surface area contributed by atoms with E-state index in [9.17, 15) is 18.0 Å². The number of methoxy groups -OCH3 is 1. The van der Waals surface area contributed by atoms with Gasteiger partial charge in [0.2, 0.25) is 5.91 Å². The van der Waals surface area contributed by atoms with Crippen molar-refractivity contribution >= 4 is 21.7 Å². The highest BCUT2D eigenvalue weighted by Crippen LogP contribution is 2.49. The number of carbonyl (C=O) groups excluding carboxylic acids is 2. The van der Waals surface area contributed by atoms with Gasteiger partial charge in [0.05, 0.1) is 49.5 Å². The molecule has 1 aliphatic carbocycles. The molecule has 2 aromatic rings. The molecule has 1 unspecified atom stereocenters. The molecule has 0 saturated heterocycles. The normalized spacial score (nSPS) is 15.9. The van der Waals surface area contributed by atoms with Crippen molar-refractivity contribution in [1.82, 2.24) is 10.9 Å². The van der Waals surface area contributed by atoms with E-state index in [1.54, 1.807) is 20.9 Å². The minimum Gasteiger partial charge on any atom is -0.469 e. The van der Waals surface area contributed by atoms with E-state index < -0.39 is 32.9 Å². The summed E-state index contributed by atoms with van der Waals surface area (Å²) in [4.78, 5) is 26.3. The number of esters is 1. The predicted molar refractivity (Wildman–Crippen MR) is 159 cm³/mol. The van der Waals surface area contributed by atoms with Gasteiger partial charge in [0.15, 0.2) is 9.84 Å². The standard InChI is InChI=1S/C31H44N2O8S/c1-29(2,23-42(37,38)18-16-34)41-17-15-31(27(35)33-32-3,22-40-21-24-9-6-5-7-10-24)26-12-8-11-25(19-26)20-30(13-14-30)28(36)39-4/h5-12,19,32,34H,13-18,20-23H2,1-4H3,(H,33,35). The Morgan fingerprint density at radius 2 is 1.74 bits per heavy atom. The van der Waals surface area contributed by atoms with E-state index in [0.29, 0.717) is 12.0 Å². The molecule has 0 radical (unpaired) electrons. The summed E-state index contributed by atoms with van der Waals surface area (Å²) in [7, 11) is -0.535. The van der Waals surface area contributed by atoms with E-state index in [2.05, 4.69) is 10.9 Å². The highest BCUT2D eigenvalue weighted by Gasteiger charge is 2.51. The van der Waals surface area contributed by atoms with Gasteiger partial charge in [-0.1, -0.05) is 54.6 Å². The number of aliphatic hydroxyl groups is 1. The molecule has 10 nitrogen and oxygen atoms in total. The Kier molecular flexibility index (Phi) is 11.7. The first-order valence-corrected chi connectivity index (χ1v) is 15.9. The summed E-state index contributed by atoms with van der Waals surface area (Å²) >= 11 is 0. The van der Waals surface area contributed by atoms with E-state index >= 15 is 0 Å². The lowest BCUT2D eigenvalue weighted by Gasteiger charge is -2.35. The first kappa shape index (κ1) is 33.7. The van der Waals surface area contributed by atoms with Crippen LogP contribution in [0.4, 0.5) is 0 Å². The molecule has 3 N–H and O–H groups in total. The largest absolute Gasteiger partial charge is 0.469 e. The van der Waals surface area contributed by atoms with Crippen molar-refractivity contribution in [1.29, 1.82) is 0 Å². The lowest BCUT2D eigenvalue weighted by atomic mass is 9.76. The van der Waals surface area contributed by atoms with E-state index in [-0.39, 0.29) is 49.6 Å². The van der Waals surface area contributed by atoms with Crippen LogP contribution in [0.15, 0.2) is 54.6 Å². The zero-order valence-corrected chi connectivity index (χ0v) is 25.8. The fourth-order valence-corrected chi connectivity index (χ4v) is 6.80. The summed E-state index contributed by atoms with van der Waals surface area (Å²) in [6.07, 6.45) is 2.17. The van der Waals surface area contributed by atoms with Crippen molar-refractivity contribution in [3.8, 4) is 0 Å². The maximum atomic E-state index is 13.8. The Hall–Kier alpha value is -2.83. The number of aliphatic hydroxyl groups excluding tert-OH is 1. The van der Waals surface area contributed by atoms with Gasteiger partial charge in [-0.3, -0.25) is 15.0 Å². The van der Waals surface area contributed by atoms with Crippen molar-refractivity contribution in [2.75, 3.05) is 45.5 Å². The molecule has 1 aliphatic rings. The number of rotatable bonds is 18. The van der Waals surface area contributed by atoms with Gasteiger partial charge >= 0.3 is 5.97 Å². The van der Waals surface area contributed by atoms with Gasteiger partial charge in [-0.05, 0) is 56.2 Å². The second-order valence-electron chi connectivity index (χ2n) is 11.6. The SMILES string of the molecule is CNNC(=O)C(CCOC(C)(C)CS(=O)(=O)CCO)(COCc1ccccc1)c1cccc(CC2(C(=O)OC)CC2)c1. The molecule has 2 aromatic carbocycles. The van der Waals surface area contributed by atoms with Crippen LogP contribution >= 0.6 is 0 Å². The van der Waals surface area contributed by atoms with Crippen LogP contribution in [0.25, 0.3) is 0 Å². The monoisotopic (exact) mass is 604 g/mol. The molecule has 42 heavy (non-hydrogen) atoms. The highest BCUT2D eigenvalue weighted by atomic mass is 32.2. The molecular formula is C31H44N2O8S. The Labute approximate surface area is 249 Å². The van der Waals surface area contributed by atoms with Crippen molar-refractivity contribution < 1.29 is 37.3 Å². The molecule has 1 saturated carbocycles. The summed E-state index contributed by atoms with van der Waals surface area (Å²) in [6, 6.07) is 17.2. The third-order valence-electron chi connectivity index (χ3n) is 7.62. The van der Waals surface area contributed by atoms with Crippen molar-refractivity contribution in [3.05, 3.63) is 71.3 Å². The van der Waals surface area contributed by atoms with E-state index in [4.69, 9.17) is 19.3 Å². The second-order valence-corrected chi connectivity index (χ2v) is 13.8. The number of hydrogen-bond acceptors (Lipinski definition) is 9. The minimum atomic E-state index is -3.53. The van der Waals surface area contributed by atoms with Crippen LogP contribution in [0.3, 0.4) is 0 Å². The Bertz CT molecular complexity index is 1300. The van der Waals surface area contributed by atoms with E-state index in [0.717, 1.165) is 24.0 Å². The van der Waals surface area contributed by atoms with Crippen molar-refractivity contribution in [2.24, 2.45) is 5.41 Å². The van der Waals surface area contributed by atoms with Crippen LogP contribution in [0.5, 0.6) is 0 Å². The van der Waals surface area contributed by atoms with Gasteiger partial charge in [0.1, 0.15) is 5.41 Å². The number of carbonyl (C=O) groups is 2. The third-order valence-corrected chi connectivity index (χ3v) is 9.56. The van der Waals surface area contributed by atoms with Gasteiger partial charge < -0.3 is 19.3 Å². The fourth-order valence-electron chi connectivity index (χ4n) is 5.23. The maximum Gasteiger partial charge on any atom is 0.312 e. The summed E-state index contributed by atoms with van der Waals surface area (Å²) < 4.78 is 42.0. The smallest absolute Gasteiger partial charge is 0.312 e. The van der Waals surface area contributed by atoms with Crippen molar-refractivity contribution in [2.45, 2.75) is 57.2 Å². The average Bonchev–Trinajstić information content (AvgIpc) is 3.72. The zero-order chi connectivity index (χ0) is 30.9. The Morgan fingerprint density at radius 3 is 2.36 bits per heavy atom. The topological polar surface area (TPSA) is 140 Å². The molecule has 1 amide bonds. The van der Waals surface area contributed by atoms with Crippen LogP contribution in [0.2, 0.25) is 0 Å². The lowest BCUT2D eigenvalue weighted by Crippen LogP contribution is -2.52. The number of amides is 1. The summed E-state index contributed by atoms with van der Waals surface area (Å²) in [5.74, 6) is -1.18. The quantitative estimate of drug-likeness (QED) is 0.173. The summed E-state index contributed by atoms with van der Waals surface area (Å²) in [5, 5.41) is 9.12. The van der Waals surface area contributed by atoms with Crippen LogP contribution < -0.4 is 10.9 Å². The highest BCUT2D eigenvalue weighted by molar-refractivity contribution is 7.91. The molecule has 3 rings (SSSR count). The predicted octanol–water partition coefficient (Wildman–Crippen LogP) is 2.48. The number of sulfone groups is 1. The lowest BCUT2D eigenvalue weighted by molar-refractivity contribution is -0.147. The average molecular weight is 605 g/mol. The first-order valence-electron chi connectivity index (χ1n) is 14.1. The van der Waals surface area contributed by atoms with Crippen molar-refractivity contribution in [3.63, 3.8) is 0 Å². The van der Waals surface area contributed by atoms with Gasteiger partial charge in [-0.15, -0.1) is 0 Å². The molecule has 0 aliphatic heterocycles. The fraction of sp³-hybridized carbons (Fsp3) is 0.548. The van der Waals surface area contributed by atoms with Crippen LogP contribution in [0.1, 0.15) is 49.8 Å². The Balaban J connectivity index is 1.92. The first-order chi connectivity index (χ1) is 19.9. The van der Waals surface area contributed by atoms with Crippen LogP contribution in [0, 0.1) is 5.41 Å². The molecule has 0 aromatic heterocycles. The molecule has 11 heteroatoms. The number of benzene rings is 2. The Morgan fingerprint density at radius 1 is 1.05 bits per heavy atom. The van der Waals surface area contributed by atoms with E-state index in [1.807, 2.05) is 54.6 Å². The summed E-state index contributed by atoms with van der Waals surface area (Å²) in [5.41, 5.74) is 5.19.